The Labute approximate surface area is 72.5 Å². The minimum absolute atomic E-state index is 0.313. The van der Waals surface area contributed by atoms with Crippen molar-refractivity contribution in [3.8, 4) is 0 Å². The van der Waals surface area contributed by atoms with Crippen molar-refractivity contribution >= 4 is 23.2 Å². The zero-order chi connectivity index (χ0) is 7.82. The monoisotopic (exact) mass is 178 g/mol. The lowest BCUT2D eigenvalue weighted by Crippen LogP contribution is -1.64. The van der Waals surface area contributed by atoms with Crippen LogP contribution in [0.4, 0.5) is 0 Å². The van der Waals surface area contributed by atoms with Crippen molar-refractivity contribution in [1.29, 1.82) is 0 Å². The van der Waals surface area contributed by atoms with Crippen LogP contribution in [0.15, 0.2) is 22.7 Å². The van der Waals surface area contributed by atoms with E-state index in [2.05, 4.69) is 13.0 Å². The van der Waals surface area contributed by atoms with Gasteiger partial charge in [0.1, 0.15) is 4.49 Å². The van der Waals surface area contributed by atoms with Crippen molar-refractivity contribution in [3.63, 3.8) is 0 Å². The molecule has 0 spiro atoms. The summed E-state index contributed by atoms with van der Waals surface area (Å²) in [5, 5.41) is 0. The molecule has 0 aromatic carbocycles. The first kappa shape index (κ1) is 10.1. The molecule has 0 aromatic heterocycles. The number of allylic oxidation sites excluding steroid dienone is 3. The molecule has 0 saturated carbocycles. The van der Waals surface area contributed by atoms with Crippen LogP contribution in [0, 0.1) is 0 Å². The zero-order valence-electron chi connectivity index (χ0n) is 6.11. The predicted octanol–water partition coefficient (Wildman–Crippen LogP) is 4.05. The van der Waals surface area contributed by atoms with E-state index in [1.54, 1.807) is 6.08 Å². The van der Waals surface area contributed by atoms with Crippen molar-refractivity contribution in [2.24, 2.45) is 0 Å². The van der Waals surface area contributed by atoms with E-state index in [9.17, 15) is 0 Å². The number of hydrogen-bond acceptors (Lipinski definition) is 0. The molecule has 2 heteroatoms. The molecule has 0 unspecified atom stereocenters. The second-order valence-corrected chi connectivity index (χ2v) is 3.03. The van der Waals surface area contributed by atoms with Crippen LogP contribution < -0.4 is 0 Å². The Kier molecular flexibility index (Phi) is 7.21. The Bertz CT molecular complexity index is 121. The largest absolute Gasteiger partial charge is 0.106 e. The summed E-state index contributed by atoms with van der Waals surface area (Å²) in [4.78, 5) is 0. The quantitative estimate of drug-likeness (QED) is 0.451. The lowest BCUT2D eigenvalue weighted by molar-refractivity contribution is 0.815. The van der Waals surface area contributed by atoms with Crippen LogP contribution in [0.1, 0.15) is 26.2 Å². The van der Waals surface area contributed by atoms with Crippen LogP contribution in [-0.2, 0) is 0 Å². The van der Waals surface area contributed by atoms with Crippen LogP contribution in [0.25, 0.3) is 0 Å². The summed E-state index contributed by atoms with van der Waals surface area (Å²) >= 11 is 10.7. The van der Waals surface area contributed by atoms with Gasteiger partial charge >= 0.3 is 0 Å². The molecule has 0 N–H and O–H groups in total. The Balaban J connectivity index is 3.29. The van der Waals surface area contributed by atoms with Crippen molar-refractivity contribution in [2.75, 3.05) is 0 Å². The van der Waals surface area contributed by atoms with E-state index in [0.29, 0.717) is 4.49 Å². The topological polar surface area (TPSA) is 0 Å². The molecule has 0 aliphatic rings. The summed E-state index contributed by atoms with van der Waals surface area (Å²) in [6.45, 7) is 2.16. The normalized spacial score (nSPS) is 10.3. The molecule has 0 nitrogen and oxygen atoms in total. The van der Waals surface area contributed by atoms with Gasteiger partial charge in [-0.2, -0.15) is 0 Å². The summed E-state index contributed by atoms with van der Waals surface area (Å²) in [5.41, 5.74) is 0. The zero-order valence-corrected chi connectivity index (χ0v) is 7.62. The summed E-state index contributed by atoms with van der Waals surface area (Å²) < 4.78 is 0.313. The van der Waals surface area contributed by atoms with Gasteiger partial charge < -0.3 is 0 Å². The summed E-state index contributed by atoms with van der Waals surface area (Å²) in [5.74, 6) is 0. The third-order valence-electron chi connectivity index (χ3n) is 1.08. The molecule has 0 aromatic rings. The first-order chi connectivity index (χ1) is 4.77. The van der Waals surface area contributed by atoms with E-state index >= 15 is 0 Å². The van der Waals surface area contributed by atoms with Gasteiger partial charge in [-0.3, -0.25) is 0 Å². The fraction of sp³-hybridized carbons (Fsp3) is 0.500. The first-order valence-electron chi connectivity index (χ1n) is 3.45. The molecule has 0 aliphatic heterocycles. The van der Waals surface area contributed by atoms with Gasteiger partial charge in [0, 0.05) is 0 Å². The molecular formula is C8H12Cl2. The molecule has 0 atom stereocenters. The second-order valence-electron chi connectivity index (χ2n) is 2.03. The van der Waals surface area contributed by atoms with Crippen LogP contribution in [-0.4, -0.2) is 0 Å². The fourth-order valence-corrected chi connectivity index (χ4v) is 0.704. The van der Waals surface area contributed by atoms with Gasteiger partial charge in [0.25, 0.3) is 0 Å². The highest BCUT2D eigenvalue weighted by Gasteiger charge is 1.77. The molecule has 0 radical (unpaired) electrons. The third kappa shape index (κ3) is 8.06. The van der Waals surface area contributed by atoms with E-state index < -0.39 is 0 Å². The van der Waals surface area contributed by atoms with Gasteiger partial charge in [0.05, 0.1) is 0 Å². The van der Waals surface area contributed by atoms with Crippen LogP contribution in [0.3, 0.4) is 0 Å². The van der Waals surface area contributed by atoms with Crippen molar-refractivity contribution in [3.05, 3.63) is 22.7 Å². The Morgan fingerprint density at radius 1 is 1.40 bits per heavy atom. The highest BCUT2D eigenvalue weighted by Crippen LogP contribution is 2.06. The van der Waals surface area contributed by atoms with E-state index in [0.717, 1.165) is 6.42 Å². The molecule has 0 fully saturated rings. The molecule has 0 saturated heterocycles. The summed E-state index contributed by atoms with van der Waals surface area (Å²) in [6, 6.07) is 0. The van der Waals surface area contributed by atoms with Crippen molar-refractivity contribution in [2.45, 2.75) is 26.2 Å². The highest BCUT2D eigenvalue weighted by atomic mass is 35.5. The van der Waals surface area contributed by atoms with Gasteiger partial charge in [-0.15, -0.1) is 0 Å². The van der Waals surface area contributed by atoms with E-state index in [1.165, 1.54) is 12.8 Å². The van der Waals surface area contributed by atoms with Crippen molar-refractivity contribution in [1.82, 2.24) is 0 Å². The van der Waals surface area contributed by atoms with E-state index in [-0.39, 0.29) is 0 Å². The van der Waals surface area contributed by atoms with Gasteiger partial charge in [0.15, 0.2) is 0 Å². The van der Waals surface area contributed by atoms with Gasteiger partial charge in [-0.05, 0) is 12.5 Å². The fourth-order valence-electron chi connectivity index (χ4n) is 0.559. The first-order valence-corrected chi connectivity index (χ1v) is 4.20. The van der Waals surface area contributed by atoms with Gasteiger partial charge in [-0.25, -0.2) is 0 Å². The summed E-state index contributed by atoms with van der Waals surface area (Å²) in [6.07, 6.45) is 9.18. The molecule has 0 rings (SSSR count). The second kappa shape index (κ2) is 7.17. The average molecular weight is 179 g/mol. The minimum Gasteiger partial charge on any atom is -0.0845 e. The molecule has 58 valence electrons. The summed E-state index contributed by atoms with van der Waals surface area (Å²) in [7, 11) is 0. The molecule has 10 heavy (non-hydrogen) atoms. The Morgan fingerprint density at radius 2 is 2.10 bits per heavy atom. The molecular weight excluding hydrogens is 167 g/mol. The predicted molar refractivity (Wildman–Crippen MR) is 48.5 cm³/mol. The van der Waals surface area contributed by atoms with Gasteiger partial charge in [-0.1, -0.05) is 55.1 Å². The molecule has 0 bridgehead atoms. The Hall–Kier alpha value is 0.0600. The lowest BCUT2D eigenvalue weighted by atomic mass is 10.2. The smallest absolute Gasteiger partial charge is 0.0845 e. The average Bonchev–Trinajstić information content (AvgIpc) is 1.87. The molecule has 0 aliphatic carbocycles. The number of halogens is 2. The van der Waals surface area contributed by atoms with Crippen LogP contribution in [0.5, 0.6) is 0 Å². The Morgan fingerprint density at radius 3 is 2.60 bits per heavy atom. The lowest BCUT2D eigenvalue weighted by Gasteiger charge is -1.85. The van der Waals surface area contributed by atoms with E-state index in [4.69, 9.17) is 23.2 Å². The number of unbranched alkanes of at least 4 members (excludes halogenated alkanes) is 2. The number of hydrogen-bond donors (Lipinski definition) is 0. The third-order valence-corrected chi connectivity index (χ3v) is 1.33. The maximum absolute atomic E-state index is 5.37. The molecule has 0 heterocycles. The SMILES string of the molecule is CCCCC=CC=C(Cl)Cl. The minimum atomic E-state index is 0.313. The molecule has 0 amide bonds. The maximum atomic E-state index is 5.37. The van der Waals surface area contributed by atoms with Gasteiger partial charge in [0.2, 0.25) is 0 Å². The van der Waals surface area contributed by atoms with Crippen LogP contribution >= 0.6 is 23.2 Å². The van der Waals surface area contributed by atoms with Crippen LogP contribution in [0.2, 0.25) is 0 Å². The standard InChI is InChI=1S/C8H12Cl2/c1-2-3-4-5-6-7-8(9)10/h5-7H,2-4H2,1H3. The van der Waals surface area contributed by atoms with Crippen molar-refractivity contribution < 1.29 is 0 Å². The maximum Gasteiger partial charge on any atom is 0.106 e. The highest BCUT2D eigenvalue weighted by molar-refractivity contribution is 6.55. The van der Waals surface area contributed by atoms with E-state index in [1.807, 2.05) is 6.08 Å². The number of rotatable bonds is 4.